The van der Waals surface area contributed by atoms with Gasteiger partial charge in [-0.25, -0.2) is 8.42 Å². The third-order valence-corrected chi connectivity index (χ3v) is 5.81. The van der Waals surface area contributed by atoms with Crippen molar-refractivity contribution < 1.29 is 13.2 Å². The van der Waals surface area contributed by atoms with E-state index in [0.29, 0.717) is 12.1 Å². The van der Waals surface area contributed by atoms with Crippen molar-refractivity contribution in [2.45, 2.75) is 43.9 Å². The van der Waals surface area contributed by atoms with Gasteiger partial charge >= 0.3 is 0 Å². The van der Waals surface area contributed by atoms with Crippen LogP contribution in [0.2, 0.25) is 0 Å². The second-order valence-corrected chi connectivity index (χ2v) is 8.27. The lowest BCUT2D eigenvalue weighted by Gasteiger charge is -2.27. The van der Waals surface area contributed by atoms with Gasteiger partial charge in [0, 0.05) is 22.8 Å². The van der Waals surface area contributed by atoms with Crippen LogP contribution in [-0.4, -0.2) is 20.9 Å². The monoisotopic (exact) mass is 329 g/mol. The van der Waals surface area contributed by atoms with E-state index in [9.17, 15) is 13.2 Å². The van der Waals surface area contributed by atoms with Crippen molar-refractivity contribution in [1.29, 1.82) is 0 Å². The van der Waals surface area contributed by atoms with E-state index in [1.165, 1.54) is 37.1 Å². The van der Waals surface area contributed by atoms with Gasteiger partial charge in [-0.3, -0.25) is 4.79 Å². The second kappa shape index (κ2) is 6.36. The normalized spacial score (nSPS) is 17.6. The first-order valence-corrected chi connectivity index (χ1v) is 9.50. The summed E-state index contributed by atoms with van der Waals surface area (Å²) in [5.41, 5.74) is 0.679. The molecule has 0 spiro atoms. The van der Waals surface area contributed by atoms with Gasteiger partial charge in [0.25, 0.3) is 15.0 Å². The molecule has 1 saturated carbocycles. The fourth-order valence-electron chi connectivity index (χ4n) is 2.92. The predicted molar refractivity (Wildman–Crippen MR) is 83.0 cm³/mol. The summed E-state index contributed by atoms with van der Waals surface area (Å²) in [6, 6.07) is 5.67. The van der Waals surface area contributed by atoms with Gasteiger partial charge in [0.1, 0.15) is 0 Å². The third-order valence-electron chi connectivity index (χ3n) is 4.44. The van der Waals surface area contributed by atoms with Crippen molar-refractivity contribution in [2.24, 2.45) is 5.41 Å². The van der Waals surface area contributed by atoms with Gasteiger partial charge in [0.15, 0.2) is 0 Å². The molecule has 21 heavy (non-hydrogen) atoms. The molecule has 1 aliphatic rings. The van der Waals surface area contributed by atoms with Crippen LogP contribution in [0.4, 0.5) is 0 Å². The van der Waals surface area contributed by atoms with E-state index in [-0.39, 0.29) is 16.2 Å². The number of benzene rings is 1. The summed E-state index contributed by atoms with van der Waals surface area (Å²) < 4.78 is 22.3. The van der Waals surface area contributed by atoms with Crippen LogP contribution in [0.5, 0.6) is 0 Å². The average molecular weight is 330 g/mol. The van der Waals surface area contributed by atoms with Crippen molar-refractivity contribution in [2.75, 3.05) is 6.54 Å². The number of hydrogen-bond acceptors (Lipinski definition) is 3. The first-order chi connectivity index (χ1) is 9.86. The Morgan fingerprint density at radius 3 is 2.29 bits per heavy atom. The number of carbonyl (C=O) groups is 1. The Morgan fingerprint density at radius 1 is 1.24 bits per heavy atom. The minimum Gasteiger partial charge on any atom is -0.351 e. The maximum atomic E-state index is 12.1. The molecule has 0 radical (unpaired) electrons. The molecule has 2 rings (SSSR count). The molecule has 0 saturated heterocycles. The Kier molecular flexibility index (Phi) is 4.94. The summed E-state index contributed by atoms with van der Waals surface area (Å²) in [7, 11) is 1.50. The van der Waals surface area contributed by atoms with Gasteiger partial charge in [0.2, 0.25) is 0 Å². The standard InChI is InChI=1S/C15H20ClNO3S/c1-2-15(9-3-4-10-15)11-17-14(18)12-5-7-13(8-6-12)21(16,19)20/h5-8H,2-4,9-11H2,1H3,(H,17,18). The molecule has 0 aliphatic heterocycles. The minimum atomic E-state index is -3.74. The molecule has 0 aromatic heterocycles. The largest absolute Gasteiger partial charge is 0.351 e. The molecule has 0 heterocycles. The fraction of sp³-hybridized carbons (Fsp3) is 0.533. The second-order valence-electron chi connectivity index (χ2n) is 5.71. The third kappa shape index (κ3) is 3.98. The molecular formula is C15H20ClNO3S. The van der Waals surface area contributed by atoms with Crippen LogP contribution < -0.4 is 5.32 Å². The molecule has 4 nitrogen and oxygen atoms in total. The molecule has 1 N–H and O–H groups in total. The fourth-order valence-corrected chi connectivity index (χ4v) is 3.69. The molecule has 0 unspecified atom stereocenters. The zero-order chi connectivity index (χ0) is 15.5. The summed E-state index contributed by atoms with van der Waals surface area (Å²) >= 11 is 0. The SMILES string of the molecule is CCC1(CNC(=O)c2ccc(S(=O)(=O)Cl)cc2)CCCC1. The van der Waals surface area contributed by atoms with Gasteiger partial charge < -0.3 is 5.32 Å². The van der Waals surface area contributed by atoms with Crippen LogP contribution in [-0.2, 0) is 9.05 Å². The van der Waals surface area contributed by atoms with E-state index < -0.39 is 9.05 Å². The number of amides is 1. The van der Waals surface area contributed by atoms with Gasteiger partial charge in [-0.2, -0.15) is 0 Å². The van der Waals surface area contributed by atoms with Crippen LogP contribution in [0.1, 0.15) is 49.4 Å². The Hall–Kier alpha value is -1.07. The van der Waals surface area contributed by atoms with Crippen molar-refractivity contribution in [3.05, 3.63) is 29.8 Å². The van der Waals surface area contributed by atoms with Gasteiger partial charge in [-0.1, -0.05) is 19.8 Å². The number of rotatable bonds is 5. The number of nitrogens with one attached hydrogen (secondary N) is 1. The number of hydrogen-bond donors (Lipinski definition) is 1. The van der Waals surface area contributed by atoms with Crippen LogP contribution in [0.25, 0.3) is 0 Å². The number of halogens is 1. The lowest BCUT2D eigenvalue weighted by molar-refractivity contribution is 0.0928. The van der Waals surface area contributed by atoms with Crippen LogP contribution in [0.3, 0.4) is 0 Å². The quantitative estimate of drug-likeness (QED) is 0.843. The smallest absolute Gasteiger partial charge is 0.261 e. The topological polar surface area (TPSA) is 63.2 Å². The molecule has 116 valence electrons. The highest BCUT2D eigenvalue weighted by atomic mass is 35.7. The van der Waals surface area contributed by atoms with E-state index in [0.717, 1.165) is 19.3 Å². The highest BCUT2D eigenvalue weighted by molar-refractivity contribution is 8.13. The van der Waals surface area contributed by atoms with Crippen LogP contribution >= 0.6 is 10.7 Å². The first-order valence-electron chi connectivity index (χ1n) is 7.19. The lowest BCUT2D eigenvalue weighted by Crippen LogP contribution is -2.35. The maximum Gasteiger partial charge on any atom is 0.261 e. The summed E-state index contributed by atoms with van der Waals surface area (Å²) in [6.45, 7) is 2.84. The molecule has 1 aliphatic carbocycles. The molecule has 1 aromatic carbocycles. The van der Waals surface area contributed by atoms with Crippen molar-refractivity contribution in [3.63, 3.8) is 0 Å². The van der Waals surface area contributed by atoms with Crippen molar-refractivity contribution in [3.8, 4) is 0 Å². The Balaban J connectivity index is 2.00. The lowest BCUT2D eigenvalue weighted by atomic mass is 9.83. The Morgan fingerprint density at radius 2 is 1.81 bits per heavy atom. The molecule has 1 amide bonds. The van der Waals surface area contributed by atoms with E-state index in [1.807, 2.05) is 0 Å². The zero-order valence-electron chi connectivity index (χ0n) is 12.1. The average Bonchev–Trinajstić information content (AvgIpc) is 2.93. The predicted octanol–water partition coefficient (Wildman–Crippen LogP) is 3.31. The Labute approximate surface area is 130 Å². The molecule has 0 atom stereocenters. The molecule has 1 fully saturated rings. The highest BCUT2D eigenvalue weighted by Crippen LogP contribution is 2.40. The molecule has 0 bridgehead atoms. The summed E-state index contributed by atoms with van der Waals surface area (Å²) in [6.07, 6.45) is 5.84. The molecular weight excluding hydrogens is 310 g/mol. The summed E-state index contributed by atoms with van der Waals surface area (Å²) in [4.78, 5) is 12.1. The van der Waals surface area contributed by atoms with Crippen LogP contribution in [0, 0.1) is 5.41 Å². The van der Waals surface area contributed by atoms with E-state index >= 15 is 0 Å². The maximum absolute atomic E-state index is 12.1. The number of carbonyl (C=O) groups excluding carboxylic acids is 1. The van der Waals surface area contributed by atoms with E-state index in [4.69, 9.17) is 10.7 Å². The van der Waals surface area contributed by atoms with E-state index in [2.05, 4.69) is 12.2 Å². The first kappa shape index (κ1) is 16.3. The van der Waals surface area contributed by atoms with Crippen molar-refractivity contribution >= 4 is 25.6 Å². The van der Waals surface area contributed by atoms with E-state index in [1.54, 1.807) is 0 Å². The zero-order valence-corrected chi connectivity index (χ0v) is 13.6. The summed E-state index contributed by atoms with van der Waals surface area (Å²) in [5, 5.41) is 2.97. The summed E-state index contributed by atoms with van der Waals surface area (Å²) in [5.74, 6) is -0.173. The van der Waals surface area contributed by atoms with Gasteiger partial charge in [0.05, 0.1) is 4.90 Å². The Bertz CT molecular complexity index is 604. The molecule has 1 aromatic rings. The van der Waals surface area contributed by atoms with Crippen molar-refractivity contribution in [1.82, 2.24) is 5.32 Å². The van der Waals surface area contributed by atoms with Gasteiger partial charge in [-0.15, -0.1) is 0 Å². The van der Waals surface area contributed by atoms with Crippen LogP contribution in [0.15, 0.2) is 29.2 Å². The molecule has 6 heteroatoms. The minimum absolute atomic E-state index is 0.00142. The van der Waals surface area contributed by atoms with Gasteiger partial charge in [-0.05, 0) is 48.9 Å². The highest BCUT2D eigenvalue weighted by Gasteiger charge is 2.32.